The topological polar surface area (TPSA) is 17.8 Å². The van der Waals surface area contributed by atoms with Gasteiger partial charge in [0.05, 0.1) is 11.6 Å². The second-order valence-corrected chi connectivity index (χ2v) is 7.71. The fraction of sp³-hybridized carbons (Fsp3) is 0.421. The number of benzene rings is 1. The van der Waals surface area contributed by atoms with Gasteiger partial charge in [-0.05, 0) is 30.5 Å². The van der Waals surface area contributed by atoms with E-state index in [0.29, 0.717) is 0 Å². The first-order chi connectivity index (χ1) is 11.7. The first-order valence-electron chi connectivity index (χ1n) is 8.36. The van der Waals surface area contributed by atoms with E-state index in [1.165, 1.54) is 24.8 Å². The number of alkyl halides is 1. The summed E-state index contributed by atoms with van der Waals surface area (Å²) in [7, 11) is 0. The Morgan fingerprint density at radius 1 is 1.21 bits per heavy atom. The second-order valence-electron chi connectivity index (χ2n) is 5.66. The van der Waals surface area contributed by atoms with E-state index < -0.39 is 0 Å². The minimum Gasteiger partial charge on any atom is -0.319 e. The molecule has 2 nitrogen and oxygen atoms in total. The second kappa shape index (κ2) is 10.9. The zero-order chi connectivity index (χ0) is 17.2. The maximum atomic E-state index is 6.71. The van der Waals surface area contributed by atoms with Crippen LogP contribution in [0.2, 0.25) is 5.02 Å². The Morgan fingerprint density at radius 3 is 2.67 bits per heavy atom. The van der Waals surface area contributed by atoms with Gasteiger partial charge in [-0.25, -0.2) is 4.98 Å². The fourth-order valence-electron chi connectivity index (χ4n) is 2.42. The first kappa shape index (κ1) is 19.4. The smallest absolute Gasteiger partial charge is 0.125 e. The maximum Gasteiger partial charge on any atom is 0.125 e. The van der Waals surface area contributed by atoms with E-state index in [-0.39, 0.29) is 10.8 Å². The van der Waals surface area contributed by atoms with Crippen LogP contribution in [-0.2, 0) is 0 Å². The predicted octanol–water partition coefficient (Wildman–Crippen LogP) is 6.88. The monoisotopic (exact) mass is 382 g/mol. The molecule has 5 heteroatoms. The normalized spacial score (nSPS) is 14.1. The molecule has 1 aromatic heterocycles. The summed E-state index contributed by atoms with van der Waals surface area (Å²) in [5.74, 6) is 0.942. The van der Waals surface area contributed by atoms with Crippen LogP contribution in [-0.4, -0.2) is 15.3 Å². The minimum absolute atomic E-state index is 0.137. The largest absolute Gasteiger partial charge is 0.319 e. The SMILES string of the molecule is CCCCCC=CCSC(c1ccc(Cl)cc1)C(Cl)n1ccnc1. The standard InChI is InChI=1S/C19H24Cl2N2S/c1-2-3-4-5-6-7-14-24-18(16-8-10-17(20)11-9-16)19(21)23-13-12-22-15-23/h6-13,15,18-19H,2-5,14H2,1H3. The Balaban J connectivity index is 1.99. The maximum absolute atomic E-state index is 6.71. The number of hydrogen-bond acceptors (Lipinski definition) is 2. The number of thioether (sulfide) groups is 1. The first-order valence-corrected chi connectivity index (χ1v) is 10.2. The number of aromatic nitrogens is 2. The average Bonchev–Trinajstić information content (AvgIpc) is 3.13. The fourth-order valence-corrected chi connectivity index (χ4v) is 4.12. The molecule has 0 spiro atoms. The van der Waals surface area contributed by atoms with Gasteiger partial charge in [0.2, 0.25) is 0 Å². The van der Waals surface area contributed by atoms with E-state index in [0.717, 1.165) is 17.2 Å². The zero-order valence-corrected chi connectivity index (χ0v) is 16.3. The van der Waals surface area contributed by atoms with Crippen LogP contribution in [0.25, 0.3) is 0 Å². The van der Waals surface area contributed by atoms with E-state index in [4.69, 9.17) is 23.2 Å². The molecule has 0 aliphatic rings. The molecular weight excluding hydrogens is 359 g/mol. The van der Waals surface area contributed by atoms with Gasteiger partial charge in [0.25, 0.3) is 0 Å². The molecular formula is C19H24Cl2N2S. The van der Waals surface area contributed by atoms with Gasteiger partial charge in [0.15, 0.2) is 0 Å². The molecule has 0 saturated heterocycles. The molecule has 0 N–H and O–H groups in total. The summed E-state index contributed by atoms with van der Waals surface area (Å²) in [6.45, 7) is 2.23. The Morgan fingerprint density at radius 2 is 2.00 bits per heavy atom. The highest BCUT2D eigenvalue weighted by Crippen LogP contribution is 2.41. The Labute approximate surface area is 159 Å². The molecule has 2 atom stereocenters. The molecule has 0 saturated carbocycles. The van der Waals surface area contributed by atoms with Gasteiger partial charge in [-0.1, -0.05) is 67.3 Å². The molecule has 0 aliphatic heterocycles. The van der Waals surface area contributed by atoms with E-state index in [1.807, 2.05) is 34.7 Å². The Bertz CT molecular complexity index is 596. The molecule has 1 heterocycles. The molecule has 2 aromatic rings. The summed E-state index contributed by atoms with van der Waals surface area (Å²) < 4.78 is 1.94. The van der Waals surface area contributed by atoms with E-state index in [1.54, 1.807) is 12.5 Å². The van der Waals surface area contributed by atoms with E-state index in [2.05, 4.69) is 36.2 Å². The van der Waals surface area contributed by atoms with Crippen LogP contribution in [0.4, 0.5) is 0 Å². The van der Waals surface area contributed by atoms with Crippen LogP contribution in [0.5, 0.6) is 0 Å². The van der Waals surface area contributed by atoms with Crippen LogP contribution in [0, 0.1) is 0 Å². The lowest BCUT2D eigenvalue weighted by Gasteiger charge is -2.23. The zero-order valence-electron chi connectivity index (χ0n) is 13.9. The van der Waals surface area contributed by atoms with Crippen LogP contribution < -0.4 is 0 Å². The van der Waals surface area contributed by atoms with Crippen LogP contribution in [0.3, 0.4) is 0 Å². The third-order valence-electron chi connectivity index (χ3n) is 3.77. The number of halogens is 2. The molecule has 0 amide bonds. The van der Waals surface area contributed by atoms with Gasteiger partial charge in [0.1, 0.15) is 5.50 Å². The van der Waals surface area contributed by atoms with E-state index >= 15 is 0 Å². The minimum atomic E-state index is -0.188. The summed E-state index contributed by atoms with van der Waals surface area (Å²) >= 11 is 14.6. The van der Waals surface area contributed by atoms with Crippen molar-refractivity contribution in [3.63, 3.8) is 0 Å². The molecule has 24 heavy (non-hydrogen) atoms. The molecule has 0 aliphatic carbocycles. The van der Waals surface area contributed by atoms with Gasteiger partial charge in [0, 0.05) is 23.2 Å². The van der Waals surface area contributed by atoms with Gasteiger partial charge in [-0.3, -0.25) is 0 Å². The predicted molar refractivity (Wildman–Crippen MR) is 107 cm³/mol. The molecule has 0 bridgehead atoms. The van der Waals surface area contributed by atoms with Gasteiger partial charge in [-0.15, -0.1) is 11.8 Å². The summed E-state index contributed by atoms with van der Waals surface area (Å²) in [5.41, 5.74) is 0.990. The van der Waals surface area contributed by atoms with Crippen molar-refractivity contribution in [2.24, 2.45) is 0 Å². The average molecular weight is 383 g/mol. The van der Waals surface area contributed by atoms with Crippen molar-refractivity contribution in [3.8, 4) is 0 Å². The highest BCUT2D eigenvalue weighted by atomic mass is 35.5. The van der Waals surface area contributed by atoms with Crippen molar-refractivity contribution >= 4 is 35.0 Å². The highest BCUT2D eigenvalue weighted by Gasteiger charge is 2.22. The van der Waals surface area contributed by atoms with Crippen molar-refractivity contribution in [3.05, 3.63) is 65.7 Å². The summed E-state index contributed by atoms with van der Waals surface area (Å²) in [5, 5.41) is 0.880. The number of unbranched alkanes of at least 4 members (excludes halogenated alkanes) is 3. The number of rotatable bonds is 10. The lowest BCUT2D eigenvalue weighted by molar-refractivity contribution is 0.651. The van der Waals surface area contributed by atoms with Gasteiger partial charge in [-0.2, -0.15) is 0 Å². The van der Waals surface area contributed by atoms with Crippen LogP contribution in [0.15, 0.2) is 55.1 Å². The van der Waals surface area contributed by atoms with Gasteiger partial charge >= 0.3 is 0 Å². The summed E-state index contributed by atoms with van der Waals surface area (Å²) in [6, 6.07) is 7.94. The van der Waals surface area contributed by atoms with Crippen molar-refractivity contribution in [1.82, 2.24) is 9.55 Å². The molecule has 0 fully saturated rings. The Kier molecular flexibility index (Phi) is 8.79. The number of allylic oxidation sites excluding steroid dienone is 1. The summed E-state index contributed by atoms with van der Waals surface area (Å²) in [4.78, 5) is 4.11. The Hall–Kier alpha value is -0.900. The number of nitrogens with zero attached hydrogens (tertiary/aromatic N) is 2. The highest BCUT2D eigenvalue weighted by molar-refractivity contribution is 7.99. The summed E-state index contributed by atoms with van der Waals surface area (Å²) in [6.07, 6.45) is 14.9. The number of imidazole rings is 1. The molecule has 2 unspecified atom stereocenters. The number of hydrogen-bond donors (Lipinski definition) is 0. The third kappa shape index (κ3) is 6.19. The molecule has 130 valence electrons. The van der Waals surface area contributed by atoms with Crippen molar-refractivity contribution in [2.45, 2.75) is 43.4 Å². The van der Waals surface area contributed by atoms with E-state index in [9.17, 15) is 0 Å². The third-order valence-corrected chi connectivity index (χ3v) is 5.92. The van der Waals surface area contributed by atoms with Crippen molar-refractivity contribution < 1.29 is 0 Å². The lowest BCUT2D eigenvalue weighted by Crippen LogP contribution is -2.09. The van der Waals surface area contributed by atoms with Crippen LogP contribution in [0.1, 0.15) is 48.9 Å². The van der Waals surface area contributed by atoms with Crippen LogP contribution >= 0.6 is 35.0 Å². The molecule has 0 radical (unpaired) electrons. The van der Waals surface area contributed by atoms with Gasteiger partial charge < -0.3 is 4.57 Å². The van der Waals surface area contributed by atoms with Crippen molar-refractivity contribution in [2.75, 3.05) is 5.75 Å². The lowest BCUT2D eigenvalue weighted by atomic mass is 10.1. The molecule has 1 aromatic carbocycles. The molecule has 2 rings (SSSR count). The van der Waals surface area contributed by atoms with Crippen molar-refractivity contribution in [1.29, 1.82) is 0 Å². The quantitative estimate of drug-likeness (QED) is 0.253.